The molecule has 14 heteroatoms. The van der Waals surface area contributed by atoms with Crippen LogP contribution in [0.5, 0.6) is 0 Å². The van der Waals surface area contributed by atoms with E-state index in [9.17, 15) is 0 Å². The lowest BCUT2D eigenvalue weighted by atomic mass is 10.5. The summed E-state index contributed by atoms with van der Waals surface area (Å²) in [6.07, 6.45) is 27.9. The van der Waals surface area contributed by atoms with E-state index in [4.69, 9.17) is 0 Å². The van der Waals surface area contributed by atoms with Crippen LogP contribution in [-0.2, 0) is 0 Å². The number of rotatable bonds is 0. The molecule has 35 heavy (non-hydrogen) atoms. The lowest BCUT2D eigenvalue weighted by Gasteiger charge is -1.54. The summed E-state index contributed by atoms with van der Waals surface area (Å²) in [5, 5.41) is 26.8. The Bertz CT molecular complexity index is 760. The van der Waals surface area contributed by atoms with Gasteiger partial charge in [0, 0.05) is 61.6 Å². The molecule has 0 atom stereocenters. The Hall–Kier alpha value is -4.85. The van der Waals surface area contributed by atoms with E-state index in [1.54, 1.807) is 55.6 Å². The predicted octanol–water partition coefficient (Wildman–Crippen LogP) is 3.79. The Labute approximate surface area is 206 Å². The summed E-state index contributed by atoms with van der Waals surface area (Å²) in [4.78, 5) is 11.1. The van der Waals surface area contributed by atoms with Crippen molar-refractivity contribution < 1.29 is 4.52 Å². The van der Waals surface area contributed by atoms with E-state index in [-0.39, 0.29) is 0 Å². The normalized spacial score (nSPS) is 10.7. The third kappa shape index (κ3) is 23.6. The zero-order valence-corrected chi connectivity index (χ0v) is 19.5. The number of H-pyrrole nitrogens is 3. The Kier molecular flexibility index (Phi) is 20.5. The van der Waals surface area contributed by atoms with Crippen LogP contribution in [0.1, 0.15) is 12.8 Å². The highest BCUT2D eigenvalue weighted by molar-refractivity contribution is 7.03. The van der Waals surface area contributed by atoms with Gasteiger partial charge < -0.3 is 4.52 Å². The number of aliphatic imine (C=N–C) groups is 2. The summed E-state index contributed by atoms with van der Waals surface area (Å²) >= 11 is 1.46. The molecule has 0 aliphatic carbocycles. The molecular weight excluding hydrogens is 468 g/mol. The molecule has 5 aromatic rings. The number of aromatic amines is 3. The SMILES string of the molecule is C1=CN=CC1.C1=CN=CC1.c1cn[nH]c1.c1cn[nH]n1.c1cnoc1.c1cnsc1.c1nc[nH]n1. The van der Waals surface area contributed by atoms with Crippen molar-refractivity contribution in [1.29, 1.82) is 0 Å². The Morgan fingerprint density at radius 1 is 0.743 bits per heavy atom. The summed E-state index contributed by atoms with van der Waals surface area (Å²) in [5.41, 5.74) is 0. The number of nitrogens with one attached hydrogen (secondary N) is 3. The molecule has 0 amide bonds. The van der Waals surface area contributed by atoms with Gasteiger partial charge in [0.05, 0.1) is 18.6 Å². The predicted molar refractivity (Wildman–Crippen MR) is 134 cm³/mol. The van der Waals surface area contributed by atoms with Crippen LogP contribution in [0.4, 0.5) is 0 Å². The third-order valence-electron chi connectivity index (χ3n) is 2.84. The number of hydrogen-bond donors (Lipinski definition) is 3. The van der Waals surface area contributed by atoms with E-state index in [2.05, 4.69) is 64.8 Å². The Morgan fingerprint density at radius 2 is 1.54 bits per heavy atom. The second-order valence-corrected chi connectivity index (χ2v) is 6.05. The first-order chi connectivity index (χ1) is 17.5. The molecule has 5 aromatic heterocycles. The Balaban J connectivity index is 0.000000204. The van der Waals surface area contributed by atoms with Crippen LogP contribution < -0.4 is 0 Å². The topological polar surface area (TPSA) is 175 Å². The maximum absolute atomic E-state index is 4.33. The van der Waals surface area contributed by atoms with Crippen molar-refractivity contribution in [3.8, 4) is 0 Å². The number of aromatic nitrogens is 10. The molecule has 3 N–H and O–H groups in total. The van der Waals surface area contributed by atoms with Gasteiger partial charge in [-0.1, -0.05) is 17.3 Å². The number of nitrogens with zero attached hydrogens (tertiary/aromatic N) is 9. The molecule has 7 rings (SSSR count). The number of hydrogen-bond acceptors (Lipinski definition) is 11. The zero-order chi connectivity index (χ0) is 24.7. The molecule has 0 saturated heterocycles. The van der Waals surface area contributed by atoms with Crippen molar-refractivity contribution in [3.63, 3.8) is 0 Å². The smallest absolute Gasteiger partial charge is 0.137 e. The van der Waals surface area contributed by atoms with Crippen molar-refractivity contribution in [2.75, 3.05) is 0 Å². The average molecular weight is 495 g/mol. The largest absolute Gasteiger partial charge is 0.365 e. The molecule has 0 fully saturated rings. The van der Waals surface area contributed by atoms with Crippen molar-refractivity contribution in [3.05, 3.63) is 104 Å². The van der Waals surface area contributed by atoms with Crippen molar-refractivity contribution in [1.82, 2.24) is 50.3 Å². The van der Waals surface area contributed by atoms with Crippen LogP contribution in [-0.4, -0.2) is 62.7 Å². The molecule has 7 heterocycles. The van der Waals surface area contributed by atoms with Crippen LogP contribution >= 0.6 is 11.5 Å². The van der Waals surface area contributed by atoms with Crippen LogP contribution in [0, 0.1) is 0 Å². The van der Waals surface area contributed by atoms with Gasteiger partial charge in [0.25, 0.3) is 0 Å². The van der Waals surface area contributed by atoms with E-state index in [0.29, 0.717) is 0 Å². The van der Waals surface area contributed by atoms with Gasteiger partial charge in [0.1, 0.15) is 18.9 Å². The lowest BCUT2D eigenvalue weighted by Crippen LogP contribution is -1.61. The monoisotopic (exact) mass is 494 g/mol. The standard InChI is InChI=1S/2C4H5N.C3H4N2.C3H3NO.C3H3NS.2C2H3N3/c5*1-2-4-5-3-1;1-3-2-5-4-1;1-2-4-5-3-1/h2*1,3-4H,2H2;1-3H,(H,4,5);2*1-3H;2*1-2H,(H,3,4,5). The molecule has 0 unspecified atom stereocenters. The quantitative estimate of drug-likeness (QED) is 0.291. The Morgan fingerprint density at radius 3 is 1.71 bits per heavy atom. The fourth-order valence-electron chi connectivity index (χ4n) is 1.51. The van der Waals surface area contributed by atoms with E-state index >= 15 is 0 Å². The van der Waals surface area contributed by atoms with Gasteiger partial charge in [0.2, 0.25) is 0 Å². The first-order valence-electron chi connectivity index (χ1n) is 10.0. The molecule has 0 radical (unpaired) electrons. The van der Waals surface area contributed by atoms with Crippen LogP contribution in [0.15, 0.2) is 119 Å². The van der Waals surface area contributed by atoms with Gasteiger partial charge in [-0.05, 0) is 29.7 Å². The minimum atomic E-state index is 1.03. The molecule has 0 spiro atoms. The second kappa shape index (κ2) is 25.4. The van der Waals surface area contributed by atoms with Crippen molar-refractivity contribution in [2.45, 2.75) is 12.8 Å². The first-order valence-corrected chi connectivity index (χ1v) is 10.9. The summed E-state index contributed by atoms with van der Waals surface area (Å²) in [7, 11) is 0. The fraction of sp³-hybridized carbons (Fsp3) is 0.0952. The van der Waals surface area contributed by atoms with E-state index in [1.165, 1.54) is 30.5 Å². The third-order valence-corrected chi connectivity index (χ3v) is 3.36. The molecule has 182 valence electrons. The molecule has 0 saturated carbocycles. The van der Waals surface area contributed by atoms with Gasteiger partial charge in [0.15, 0.2) is 0 Å². The number of allylic oxidation sites excluding steroid dienone is 2. The fourth-order valence-corrected chi connectivity index (χ4v) is 1.86. The minimum absolute atomic E-state index is 1.03. The minimum Gasteiger partial charge on any atom is -0.365 e. The first kappa shape index (κ1) is 28.2. The maximum Gasteiger partial charge on any atom is 0.137 e. The van der Waals surface area contributed by atoms with E-state index in [0.717, 1.165) is 12.8 Å². The molecular formula is C21H26N12OS. The van der Waals surface area contributed by atoms with E-state index in [1.807, 2.05) is 42.1 Å². The lowest BCUT2D eigenvalue weighted by molar-refractivity contribution is 0.420. The zero-order valence-electron chi connectivity index (χ0n) is 18.7. The van der Waals surface area contributed by atoms with Gasteiger partial charge in [-0.3, -0.25) is 20.2 Å². The summed E-state index contributed by atoms with van der Waals surface area (Å²) in [6.45, 7) is 0. The molecule has 2 aliphatic rings. The average Bonchev–Trinajstić information content (AvgIpc) is 3.81. The summed E-state index contributed by atoms with van der Waals surface area (Å²) in [6, 6.07) is 5.46. The van der Waals surface area contributed by atoms with Gasteiger partial charge >= 0.3 is 0 Å². The van der Waals surface area contributed by atoms with Crippen LogP contribution in [0.25, 0.3) is 0 Å². The van der Waals surface area contributed by atoms with Crippen molar-refractivity contribution >= 4 is 24.0 Å². The highest BCUT2D eigenvalue weighted by Gasteiger charge is 1.74. The van der Waals surface area contributed by atoms with Crippen LogP contribution in [0.2, 0.25) is 0 Å². The molecule has 0 aromatic carbocycles. The highest BCUT2D eigenvalue weighted by atomic mass is 32.1. The van der Waals surface area contributed by atoms with E-state index < -0.39 is 0 Å². The van der Waals surface area contributed by atoms with Gasteiger partial charge in [-0.15, -0.1) is 0 Å². The van der Waals surface area contributed by atoms with Gasteiger partial charge in [-0.2, -0.15) is 25.6 Å². The molecule has 0 bridgehead atoms. The summed E-state index contributed by atoms with van der Waals surface area (Å²) in [5.74, 6) is 0. The maximum atomic E-state index is 4.33. The second-order valence-electron chi connectivity index (χ2n) is 5.36. The summed E-state index contributed by atoms with van der Waals surface area (Å²) < 4.78 is 8.10. The highest BCUT2D eigenvalue weighted by Crippen LogP contribution is 1.87. The van der Waals surface area contributed by atoms with Gasteiger partial charge in [-0.25, -0.2) is 9.36 Å². The molecule has 2 aliphatic heterocycles. The molecule has 13 nitrogen and oxygen atoms in total. The van der Waals surface area contributed by atoms with Crippen molar-refractivity contribution in [2.24, 2.45) is 9.98 Å². The van der Waals surface area contributed by atoms with Crippen LogP contribution in [0.3, 0.4) is 0 Å².